The number of amides is 1. The van der Waals surface area contributed by atoms with Gasteiger partial charge >= 0.3 is 0 Å². The Hall–Kier alpha value is -3.50. The number of non-ortho nitro benzene ring substituents is 1. The van der Waals surface area contributed by atoms with Crippen molar-refractivity contribution in [3.05, 3.63) is 93.4 Å². The van der Waals surface area contributed by atoms with E-state index in [-0.39, 0.29) is 11.6 Å². The summed E-state index contributed by atoms with van der Waals surface area (Å²) in [5.74, 6) is 0.315. The van der Waals surface area contributed by atoms with Gasteiger partial charge in [-0.3, -0.25) is 19.5 Å². The first-order valence-corrected chi connectivity index (χ1v) is 12.1. The number of rotatable bonds is 8. The Morgan fingerprint density at radius 1 is 1.09 bits per heavy atom. The van der Waals surface area contributed by atoms with Gasteiger partial charge in [0.25, 0.3) is 5.69 Å². The molecule has 0 saturated carbocycles. The molecule has 4 rings (SSSR count). The average Bonchev–Trinajstić information content (AvgIpc) is 3.28. The number of hydrogen-bond donors (Lipinski definition) is 1. The molecular formula is C24H20BrN5O3S. The summed E-state index contributed by atoms with van der Waals surface area (Å²) in [7, 11) is 0. The van der Waals surface area contributed by atoms with Crippen molar-refractivity contribution in [1.82, 2.24) is 14.8 Å². The topological polar surface area (TPSA) is 103 Å². The van der Waals surface area contributed by atoms with Gasteiger partial charge in [-0.25, -0.2) is 0 Å². The van der Waals surface area contributed by atoms with Crippen molar-refractivity contribution < 1.29 is 9.72 Å². The van der Waals surface area contributed by atoms with Gasteiger partial charge in [0.15, 0.2) is 11.0 Å². The number of aromatic nitrogens is 3. The molecule has 1 unspecified atom stereocenters. The predicted molar refractivity (Wildman–Crippen MR) is 136 cm³/mol. The largest absolute Gasteiger partial charge is 0.325 e. The lowest BCUT2D eigenvalue weighted by atomic mass is 10.2. The highest BCUT2D eigenvalue weighted by atomic mass is 79.9. The van der Waals surface area contributed by atoms with E-state index < -0.39 is 10.2 Å². The van der Waals surface area contributed by atoms with Crippen LogP contribution in [0.25, 0.3) is 17.1 Å². The van der Waals surface area contributed by atoms with Crippen LogP contribution in [0.5, 0.6) is 0 Å². The van der Waals surface area contributed by atoms with Crippen LogP contribution in [0.1, 0.15) is 13.3 Å². The molecule has 0 spiro atoms. The Morgan fingerprint density at radius 2 is 1.82 bits per heavy atom. The second-order valence-electron chi connectivity index (χ2n) is 7.30. The summed E-state index contributed by atoms with van der Waals surface area (Å²) in [4.78, 5) is 23.8. The number of nitro benzene ring substituents is 1. The fraction of sp³-hybridized carbons (Fsp3) is 0.125. The number of para-hydroxylation sites is 1. The zero-order valence-corrected chi connectivity index (χ0v) is 20.5. The number of nitrogens with one attached hydrogen (secondary N) is 1. The van der Waals surface area contributed by atoms with Crippen molar-refractivity contribution in [2.24, 2.45) is 0 Å². The molecule has 8 nitrogen and oxygen atoms in total. The summed E-state index contributed by atoms with van der Waals surface area (Å²) in [6.07, 6.45) is 0.570. The zero-order chi connectivity index (χ0) is 24.1. The molecule has 172 valence electrons. The highest BCUT2D eigenvalue weighted by Gasteiger charge is 2.24. The molecule has 0 bridgehead atoms. The van der Waals surface area contributed by atoms with E-state index in [1.54, 1.807) is 12.1 Å². The normalized spacial score (nSPS) is 11.7. The molecule has 0 saturated heterocycles. The van der Waals surface area contributed by atoms with Gasteiger partial charge in [0.2, 0.25) is 5.91 Å². The fourth-order valence-electron chi connectivity index (χ4n) is 3.31. The van der Waals surface area contributed by atoms with E-state index in [1.807, 2.05) is 66.1 Å². The molecule has 0 aliphatic rings. The molecule has 0 aliphatic heterocycles. The van der Waals surface area contributed by atoms with Crippen molar-refractivity contribution in [3.63, 3.8) is 0 Å². The summed E-state index contributed by atoms with van der Waals surface area (Å²) in [6.45, 7) is 1.93. The number of nitro groups is 1. The lowest BCUT2D eigenvalue weighted by molar-refractivity contribution is -0.384. The molecule has 1 atom stereocenters. The molecule has 1 aromatic heterocycles. The fourth-order valence-corrected chi connectivity index (χ4v) is 4.54. The van der Waals surface area contributed by atoms with Crippen LogP contribution in [-0.2, 0) is 4.79 Å². The molecule has 4 aromatic rings. The summed E-state index contributed by atoms with van der Waals surface area (Å²) in [6, 6.07) is 23.1. The lowest BCUT2D eigenvalue weighted by Gasteiger charge is -2.16. The van der Waals surface area contributed by atoms with Gasteiger partial charge in [-0.1, -0.05) is 64.9 Å². The summed E-state index contributed by atoms with van der Waals surface area (Å²) < 4.78 is 2.75. The molecule has 0 fully saturated rings. The number of halogens is 1. The Morgan fingerprint density at radius 3 is 2.50 bits per heavy atom. The molecule has 0 radical (unpaired) electrons. The molecule has 1 heterocycles. The van der Waals surface area contributed by atoms with Crippen molar-refractivity contribution >= 4 is 45.0 Å². The number of hydrogen-bond acceptors (Lipinski definition) is 6. The Kier molecular flexibility index (Phi) is 7.39. The van der Waals surface area contributed by atoms with Crippen LogP contribution in [0.15, 0.2) is 88.5 Å². The summed E-state index contributed by atoms with van der Waals surface area (Å²) in [5.41, 5.74) is 2.02. The highest BCUT2D eigenvalue weighted by molar-refractivity contribution is 9.10. The molecule has 1 amide bonds. The SMILES string of the molecule is CCC(Sc1nnc(-c2cccc([N+](=O)[O-])c2)n1-c1ccccc1)C(=O)Nc1ccc(Br)cc1. The number of carbonyl (C=O) groups is 1. The first-order valence-electron chi connectivity index (χ1n) is 10.4. The van der Waals surface area contributed by atoms with Gasteiger partial charge in [0.1, 0.15) is 0 Å². The van der Waals surface area contributed by atoms with Gasteiger partial charge < -0.3 is 5.32 Å². The first-order chi connectivity index (χ1) is 16.5. The maximum absolute atomic E-state index is 13.0. The van der Waals surface area contributed by atoms with Crippen molar-refractivity contribution in [3.8, 4) is 17.1 Å². The molecule has 10 heteroatoms. The van der Waals surface area contributed by atoms with E-state index in [1.165, 1.54) is 23.9 Å². The van der Waals surface area contributed by atoms with Crippen LogP contribution in [-0.4, -0.2) is 30.8 Å². The minimum atomic E-state index is -0.443. The monoisotopic (exact) mass is 537 g/mol. The van der Waals surface area contributed by atoms with Crippen LogP contribution < -0.4 is 5.32 Å². The maximum atomic E-state index is 13.0. The maximum Gasteiger partial charge on any atom is 0.270 e. The highest BCUT2D eigenvalue weighted by Crippen LogP contribution is 2.32. The van der Waals surface area contributed by atoms with Gasteiger partial charge in [0.05, 0.1) is 10.2 Å². The predicted octanol–water partition coefficient (Wildman–Crippen LogP) is 6.11. The molecule has 1 N–H and O–H groups in total. The summed E-state index contributed by atoms with van der Waals surface area (Å²) >= 11 is 4.69. The van der Waals surface area contributed by atoms with Crippen LogP contribution >= 0.6 is 27.7 Å². The van der Waals surface area contributed by atoms with Gasteiger partial charge in [-0.2, -0.15) is 0 Å². The summed E-state index contributed by atoms with van der Waals surface area (Å²) in [5, 5.41) is 23.0. The second-order valence-corrected chi connectivity index (χ2v) is 9.38. The Balaban J connectivity index is 1.68. The number of carbonyl (C=O) groups excluding carboxylic acids is 1. The molecule has 0 aliphatic carbocycles. The Bertz CT molecular complexity index is 1310. The second kappa shape index (κ2) is 10.6. The molecular weight excluding hydrogens is 518 g/mol. The third kappa shape index (κ3) is 5.35. The number of anilines is 1. The standard InChI is InChI=1S/C24H20BrN5O3S/c1-2-21(23(31)26-18-13-11-17(25)12-14-18)34-24-28-27-22(29(24)19-8-4-3-5-9-19)16-7-6-10-20(15-16)30(32)33/h3-15,21H,2H2,1H3,(H,26,31). The van der Waals surface area contributed by atoms with E-state index in [4.69, 9.17) is 0 Å². The van der Waals surface area contributed by atoms with E-state index in [9.17, 15) is 14.9 Å². The number of thioether (sulfide) groups is 1. The lowest BCUT2D eigenvalue weighted by Crippen LogP contribution is -2.25. The van der Waals surface area contributed by atoms with Crippen molar-refractivity contribution in [1.29, 1.82) is 0 Å². The van der Waals surface area contributed by atoms with Crippen LogP contribution in [0, 0.1) is 10.1 Å². The van der Waals surface area contributed by atoms with Crippen molar-refractivity contribution in [2.75, 3.05) is 5.32 Å². The Labute approximate surface area is 208 Å². The smallest absolute Gasteiger partial charge is 0.270 e. The van der Waals surface area contributed by atoms with Crippen LogP contribution in [0.2, 0.25) is 0 Å². The third-order valence-electron chi connectivity index (χ3n) is 4.99. The van der Waals surface area contributed by atoms with E-state index >= 15 is 0 Å². The zero-order valence-electron chi connectivity index (χ0n) is 18.1. The minimum absolute atomic E-state index is 0.0328. The quantitative estimate of drug-likeness (QED) is 0.165. The third-order valence-corrected chi connectivity index (χ3v) is 6.82. The van der Waals surface area contributed by atoms with Crippen molar-refractivity contribution in [2.45, 2.75) is 23.8 Å². The van der Waals surface area contributed by atoms with E-state index in [0.717, 1.165) is 10.2 Å². The molecule has 3 aromatic carbocycles. The van der Waals surface area contributed by atoms with E-state index in [2.05, 4.69) is 31.4 Å². The molecule has 34 heavy (non-hydrogen) atoms. The minimum Gasteiger partial charge on any atom is -0.325 e. The van der Waals surface area contributed by atoms with Crippen LogP contribution in [0.3, 0.4) is 0 Å². The van der Waals surface area contributed by atoms with Gasteiger partial charge in [-0.15, -0.1) is 10.2 Å². The first kappa shape index (κ1) is 23.7. The number of nitrogens with zero attached hydrogens (tertiary/aromatic N) is 4. The van der Waals surface area contributed by atoms with Gasteiger partial charge in [-0.05, 0) is 42.8 Å². The van der Waals surface area contributed by atoms with Gasteiger partial charge in [0, 0.05) is 33.5 Å². The van der Waals surface area contributed by atoms with Crippen LogP contribution in [0.4, 0.5) is 11.4 Å². The number of benzene rings is 3. The van der Waals surface area contributed by atoms with E-state index in [0.29, 0.717) is 28.7 Å². The average molecular weight is 538 g/mol.